The first kappa shape index (κ1) is 13.3. The van der Waals surface area contributed by atoms with Crippen molar-refractivity contribution in [3.05, 3.63) is 29.5 Å². The first-order valence-electron chi connectivity index (χ1n) is 6.25. The van der Waals surface area contributed by atoms with Crippen LogP contribution in [0.25, 0.3) is 10.9 Å². The normalized spacial score (nSPS) is 10.7. The topological polar surface area (TPSA) is 61.2 Å². The molecule has 2 aromatic rings. The second kappa shape index (κ2) is 5.22. The molecule has 0 unspecified atom stereocenters. The molecule has 1 heterocycles. The van der Waals surface area contributed by atoms with Crippen LogP contribution in [0.3, 0.4) is 0 Å². The molecule has 0 aliphatic rings. The van der Waals surface area contributed by atoms with Gasteiger partial charge < -0.3 is 4.74 Å². The van der Waals surface area contributed by atoms with Gasteiger partial charge in [-0.25, -0.2) is 4.79 Å². The molecular formula is C14H16N2O3. The summed E-state index contributed by atoms with van der Waals surface area (Å²) in [6.07, 6.45) is 2.39. The lowest BCUT2D eigenvalue weighted by molar-refractivity contribution is -0.137. The number of ether oxygens (including phenoxy) is 1. The smallest absolute Gasteiger partial charge is 0.379 e. The lowest BCUT2D eigenvalue weighted by Crippen LogP contribution is -2.19. The van der Waals surface area contributed by atoms with Crippen LogP contribution in [0.15, 0.2) is 18.3 Å². The first-order chi connectivity index (χ1) is 9.10. The minimum Gasteiger partial charge on any atom is -0.460 e. The van der Waals surface area contributed by atoms with E-state index in [9.17, 15) is 9.59 Å². The van der Waals surface area contributed by atoms with E-state index in [0.717, 1.165) is 16.5 Å². The predicted molar refractivity (Wildman–Crippen MR) is 71.1 cm³/mol. The summed E-state index contributed by atoms with van der Waals surface area (Å²) in [4.78, 5) is 23.7. The molecule has 1 aromatic carbocycles. The molecule has 0 bridgehead atoms. The van der Waals surface area contributed by atoms with Crippen molar-refractivity contribution in [3.8, 4) is 0 Å². The summed E-state index contributed by atoms with van der Waals surface area (Å²) in [5.74, 6) is -1.40. The minimum atomic E-state index is -0.807. The number of nitrogens with zero attached hydrogens (tertiary/aromatic N) is 2. The van der Waals surface area contributed by atoms with Crippen LogP contribution in [-0.2, 0) is 23.0 Å². The largest absolute Gasteiger partial charge is 0.460 e. The van der Waals surface area contributed by atoms with E-state index in [1.807, 2.05) is 14.0 Å². The SMILES string of the molecule is CCOC(=O)C(=O)c1ccc2cnn(C)c2c1CC. The molecule has 0 amide bonds. The highest BCUT2D eigenvalue weighted by Gasteiger charge is 2.22. The molecule has 100 valence electrons. The highest BCUT2D eigenvalue weighted by atomic mass is 16.5. The molecule has 0 spiro atoms. The maximum Gasteiger partial charge on any atom is 0.379 e. The van der Waals surface area contributed by atoms with Crippen LogP contribution >= 0.6 is 0 Å². The van der Waals surface area contributed by atoms with E-state index < -0.39 is 11.8 Å². The van der Waals surface area contributed by atoms with Crippen molar-refractivity contribution in [2.75, 3.05) is 6.61 Å². The number of carbonyl (C=O) groups is 2. The number of ketones is 1. The van der Waals surface area contributed by atoms with Crippen molar-refractivity contribution in [1.82, 2.24) is 9.78 Å². The summed E-state index contributed by atoms with van der Waals surface area (Å²) in [6.45, 7) is 3.82. The summed E-state index contributed by atoms with van der Waals surface area (Å²) in [7, 11) is 1.82. The van der Waals surface area contributed by atoms with Crippen molar-refractivity contribution in [1.29, 1.82) is 0 Å². The van der Waals surface area contributed by atoms with Crippen molar-refractivity contribution in [3.63, 3.8) is 0 Å². The van der Waals surface area contributed by atoms with Gasteiger partial charge in [-0.3, -0.25) is 9.48 Å². The van der Waals surface area contributed by atoms with Crippen molar-refractivity contribution in [2.24, 2.45) is 7.05 Å². The fraction of sp³-hybridized carbons (Fsp3) is 0.357. The standard InChI is InChI=1S/C14H16N2O3/c1-4-10-11(13(17)14(18)19-5-2)7-6-9-8-15-16(3)12(9)10/h6-8H,4-5H2,1-3H3. The van der Waals surface area contributed by atoms with Crippen molar-refractivity contribution in [2.45, 2.75) is 20.3 Å². The number of Topliss-reactive ketones (excluding diaryl/α,β-unsaturated/α-hetero) is 1. The van der Waals surface area contributed by atoms with Gasteiger partial charge in [0.25, 0.3) is 5.78 Å². The Balaban J connectivity index is 2.57. The fourth-order valence-corrected chi connectivity index (χ4v) is 2.22. The van der Waals surface area contributed by atoms with E-state index in [0.29, 0.717) is 12.0 Å². The van der Waals surface area contributed by atoms with Gasteiger partial charge in [0.1, 0.15) is 0 Å². The number of rotatable bonds is 4. The maximum absolute atomic E-state index is 12.1. The number of hydrogen-bond donors (Lipinski definition) is 0. The Labute approximate surface area is 111 Å². The Morgan fingerprint density at radius 2 is 2.05 bits per heavy atom. The summed E-state index contributed by atoms with van der Waals surface area (Å²) >= 11 is 0. The summed E-state index contributed by atoms with van der Waals surface area (Å²) in [5.41, 5.74) is 2.12. The number of hydrogen-bond acceptors (Lipinski definition) is 4. The molecular weight excluding hydrogens is 244 g/mol. The van der Waals surface area contributed by atoms with E-state index in [1.54, 1.807) is 29.9 Å². The zero-order valence-electron chi connectivity index (χ0n) is 11.3. The van der Waals surface area contributed by atoms with E-state index in [1.165, 1.54) is 0 Å². The van der Waals surface area contributed by atoms with Crippen LogP contribution in [-0.4, -0.2) is 28.1 Å². The van der Waals surface area contributed by atoms with Gasteiger partial charge in [-0.05, 0) is 25.0 Å². The Morgan fingerprint density at radius 3 is 2.68 bits per heavy atom. The van der Waals surface area contributed by atoms with E-state index >= 15 is 0 Å². The Morgan fingerprint density at radius 1 is 1.32 bits per heavy atom. The fourth-order valence-electron chi connectivity index (χ4n) is 2.22. The first-order valence-corrected chi connectivity index (χ1v) is 6.25. The molecule has 0 fully saturated rings. The Kier molecular flexibility index (Phi) is 3.64. The molecule has 0 atom stereocenters. The van der Waals surface area contributed by atoms with E-state index in [2.05, 4.69) is 5.10 Å². The third-order valence-electron chi connectivity index (χ3n) is 3.07. The molecule has 0 aliphatic carbocycles. The molecule has 0 aliphatic heterocycles. The summed E-state index contributed by atoms with van der Waals surface area (Å²) in [5, 5.41) is 5.13. The van der Waals surface area contributed by atoms with Gasteiger partial charge in [-0.1, -0.05) is 13.0 Å². The van der Waals surface area contributed by atoms with E-state index in [4.69, 9.17) is 4.74 Å². The maximum atomic E-state index is 12.1. The Hall–Kier alpha value is -2.17. The van der Waals surface area contributed by atoms with Crippen LogP contribution < -0.4 is 0 Å². The number of esters is 1. The molecule has 1 aromatic heterocycles. The number of aryl methyl sites for hydroxylation is 2. The number of aromatic nitrogens is 2. The van der Waals surface area contributed by atoms with Crippen LogP contribution in [0, 0.1) is 0 Å². The van der Waals surface area contributed by atoms with Gasteiger partial charge in [-0.15, -0.1) is 0 Å². The minimum absolute atomic E-state index is 0.194. The van der Waals surface area contributed by atoms with Crippen LogP contribution in [0.1, 0.15) is 29.8 Å². The number of benzene rings is 1. The second-order valence-electron chi connectivity index (χ2n) is 4.20. The van der Waals surface area contributed by atoms with Gasteiger partial charge in [0.15, 0.2) is 0 Å². The zero-order chi connectivity index (χ0) is 14.0. The average Bonchev–Trinajstić information content (AvgIpc) is 2.79. The molecule has 5 heteroatoms. The predicted octanol–water partition coefficient (Wildman–Crippen LogP) is 1.88. The van der Waals surface area contributed by atoms with Crippen LogP contribution in [0.2, 0.25) is 0 Å². The van der Waals surface area contributed by atoms with Gasteiger partial charge in [-0.2, -0.15) is 5.10 Å². The molecule has 2 rings (SSSR count). The lowest BCUT2D eigenvalue weighted by Gasteiger charge is -2.09. The van der Waals surface area contributed by atoms with Crippen molar-refractivity contribution < 1.29 is 14.3 Å². The summed E-state index contributed by atoms with van der Waals surface area (Å²) < 4.78 is 6.49. The number of carbonyl (C=O) groups excluding carboxylic acids is 2. The number of fused-ring (bicyclic) bond motifs is 1. The van der Waals surface area contributed by atoms with Gasteiger partial charge in [0, 0.05) is 18.0 Å². The highest BCUT2D eigenvalue weighted by Crippen LogP contribution is 2.23. The van der Waals surface area contributed by atoms with E-state index in [-0.39, 0.29) is 6.61 Å². The summed E-state index contributed by atoms with van der Waals surface area (Å²) in [6, 6.07) is 3.47. The van der Waals surface area contributed by atoms with Gasteiger partial charge >= 0.3 is 5.97 Å². The molecule has 0 saturated carbocycles. The quantitative estimate of drug-likeness (QED) is 0.478. The molecule has 19 heavy (non-hydrogen) atoms. The molecule has 0 saturated heterocycles. The highest BCUT2D eigenvalue weighted by molar-refractivity contribution is 6.41. The molecule has 5 nitrogen and oxygen atoms in total. The van der Waals surface area contributed by atoms with Crippen LogP contribution in [0.5, 0.6) is 0 Å². The third-order valence-corrected chi connectivity index (χ3v) is 3.07. The van der Waals surface area contributed by atoms with Crippen LogP contribution in [0.4, 0.5) is 0 Å². The average molecular weight is 260 g/mol. The Bertz CT molecular complexity index is 643. The second-order valence-corrected chi connectivity index (χ2v) is 4.20. The zero-order valence-corrected chi connectivity index (χ0v) is 11.3. The monoisotopic (exact) mass is 260 g/mol. The van der Waals surface area contributed by atoms with Crippen molar-refractivity contribution >= 4 is 22.7 Å². The van der Waals surface area contributed by atoms with Gasteiger partial charge in [0.2, 0.25) is 0 Å². The third kappa shape index (κ3) is 2.23. The lowest BCUT2D eigenvalue weighted by atomic mass is 9.98. The molecule has 0 N–H and O–H groups in total. The molecule has 0 radical (unpaired) electrons. The van der Waals surface area contributed by atoms with Gasteiger partial charge in [0.05, 0.1) is 18.3 Å².